The van der Waals surface area contributed by atoms with E-state index in [4.69, 9.17) is 5.11 Å². The van der Waals surface area contributed by atoms with Crippen molar-refractivity contribution in [3.63, 3.8) is 0 Å². The second kappa shape index (κ2) is 5.86. The lowest BCUT2D eigenvalue weighted by Gasteiger charge is -2.16. The van der Waals surface area contributed by atoms with Gasteiger partial charge in [0, 0.05) is 24.4 Å². The number of aliphatic carboxylic acids is 1. The van der Waals surface area contributed by atoms with Crippen molar-refractivity contribution in [3.8, 4) is 0 Å². The van der Waals surface area contributed by atoms with Crippen molar-refractivity contribution < 1.29 is 14.7 Å². The molecular formula is C12H16N2O3S. The highest BCUT2D eigenvalue weighted by atomic mass is 32.1. The number of carboxylic acid groups (broad SMARTS) is 1. The highest BCUT2D eigenvalue weighted by Crippen LogP contribution is 2.19. The van der Waals surface area contributed by atoms with E-state index in [9.17, 15) is 9.59 Å². The highest BCUT2D eigenvalue weighted by molar-refractivity contribution is 7.09. The summed E-state index contributed by atoms with van der Waals surface area (Å²) < 4.78 is 0. The Morgan fingerprint density at radius 2 is 2.39 bits per heavy atom. The number of likely N-dealkylation sites (tertiary alicyclic amines) is 1. The summed E-state index contributed by atoms with van der Waals surface area (Å²) in [6.45, 7) is 1.73. The van der Waals surface area contributed by atoms with Gasteiger partial charge in [0.1, 0.15) is 0 Å². The van der Waals surface area contributed by atoms with Crippen LogP contribution in [0.15, 0.2) is 17.5 Å². The first kappa shape index (κ1) is 12.9. The Kier molecular flexibility index (Phi) is 4.19. The highest BCUT2D eigenvalue weighted by Gasteiger charge is 2.27. The van der Waals surface area contributed by atoms with Crippen LogP contribution in [-0.2, 0) is 11.3 Å². The zero-order chi connectivity index (χ0) is 13.0. The van der Waals surface area contributed by atoms with Crippen LogP contribution in [0.5, 0.6) is 0 Å². The molecule has 1 aliphatic heterocycles. The first-order valence-electron chi connectivity index (χ1n) is 5.92. The van der Waals surface area contributed by atoms with Crippen LogP contribution in [-0.4, -0.2) is 35.1 Å². The van der Waals surface area contributed by atoms with Crippen molar-refractivity contribution in [2.24, 2.45) is 5.92 Å². The smallest absolute Gasteiger partial charge is 0.317 e. The first-order valence-corrected chi connectivity index (χ1v) is 6.80. The van der Waals surface area contributed by atoms with E-state index in [0.29, 0.717) is 19.6 Å². The number of carbonyl (C=O) groups is 2. The van der Waals surface area contributed by atoms with Gasteiger partial charge in [-0.05, 0) is 23.8 Å². The Hall–Kier alpha value is -1.56. The summed E-state index contributed by atoms with van der Waals surface area (Å²) in [7, 11) is 0. The summed E-state index contributed by atoms with van der Waals surface area (Å²) in [4.78, 5) is 25.3. The molecule has 1 aromatic rings. The normalized spacial score (nSPS) is 18.9. The zero-order valence-electron chi connectivity index (χ0n) is 9.96. The van der Waals surface area contributed by atoms with Crippen molar-refractivity contribution in [3.05, 3.63) is 22.4 Å². The van der Waals surface area contributed by atoms with E-state index in [1.165, 1.54) is 0 Å². The predicted molar refractivity (Wildman–Crippen MR) is 68.5 cm³/mol. The van der Waals surface area contributed by atoms with Crippen LogP contribution in [0.25, 0.3) is 0 Å². The third kappa shape index (κ3) is 3.46. The van der Waals surface area contributed by atoms with Crippen LogP contribution in [0.3, 0.4) is 0 Å². The maximum absolute atomic E-state index is 11.8. The molecule has 0 aliphatic carbocycles. The number of hydrogen-bond donors (Lipinski definition) is 2. The summed E-state index contributed by atoms with van der Waals surface area (Å²) >= 11 is 1.61. The fourth-order valence-corrected chi connectivity index (χ4v) is 2.76. The minimum atomic E-state index is -0.791. The molecule has 18 heavy (non-hydrogen) atoms. The molecule has 1 saturated heterocycles. The maximum atomic E-state index is 11.8. The van der Waals surface area contributed by atoms with Gasteiger partial charge in [-0.2, -0.15) is 0 Å². The predicted octanol–water partition coefficient (Wildman–Crippen LogP) is 1.75. The standard InChI is InChI=1S/C12H16N2O3S/c15-11(16)6-9-3-4-14(8-9)12(17)13-7-10-2-1-5-18-10/h1-2,5,9H,3-4,6-8H2,(H,13,17)(H,15,16). The summed E-state index contributed by atoms with van der Waals surface area (Å²) in [5, 5.41) is 13.5. The van der Waals surface area contributed by atoms with Crippen molar-refractivity contribution in [2.75, 3.05) is 13.1 Å². The van der Waals surface area contributed by atoms with Crippen LogP contribution in [0.4, 0.5) is 4.79 Å². The van der Waals surface area contributed by atoms with Gasteiger partial charge in [-0.3, -0.25) is 4.79 Å². The summed E-state index contributed by atoms with van der Waals surface area (Å²) in [6, 6.07) is 3.82. The minimum Gasteiger partial charge on any atom is -0.481 e. The third-order valence-corrected chi connectivity index (χ3v) is 3.91. The molecule has 6 heteroatoms. The van der Waals surface area contributed by atoms with Crippen LogP contribution >= 0.6 is 11.3 Å². The van der Waals surface area contributed by atoms with Crippen molar-refractivity contribution in [2.45, 2.75) is 19.4 Å². The van der Waals surface area contributed by atoms with E-state index in [2.05, 4.69) is 5.32 Å². The molecule has 0 radical (unpaired) electrons. The van der Waals surface area contributed by atoms with Crippen molar-refractivity contribution >= 4 is 23.3 Å². The molecule has 1 aliphatic rings. The SMILES string of the molecule is O=C(O)CC1CCN(C(=O)NCc2cccs2)C1. The molecular weight excluding hydrogens is 252 g/mol. The van der Waals surface area contributed by atoms with Gasteiger partial charge in [0.25, 0.3) is 0 Å². The molecule has 2 rings (SSSR count). The number of rotatable bonds is 4. The quantitative estimate of drug-likeness (QED) is 0.874. The van der Waals surface area contributed by atoms with Crippen LogP contribution in [0.2, 0.25) is 0 Å². The summed E-state index contributed by atoms with van der Waals surface area (Å²) in [5.74, 6) is -0.698. The van der Waals surface area contributed by atoms with E-state index in [1.807, 2.05) is 17.5 Å². The van der Waals surface area contributed by atoms with E-state index in [1.54, 1.807) is 16.2 Å². The molecule has 98 valence electrons. The maximum Gasteiger partial charge on any atom is 0.317 e. The number of nitrogens with zero attached hydrogens (tertiary/aromatic N) is 1. The molecule has 0 saturated carbocycles. The topological polar surface area (TPSA) is 69.6 Å². The molecule has 5 nitrogen and oxygen atoms in total. The molecule has 1 fully saturated rings. The summed E-state index contributed by atoms with van der Waals surface area (Å²) in [5.41, 5.74) is 0. The Morgan fingerprint density at radius 3 is 3.06 bits per heavy atom. The van der Waals surface area contributed by atoms with Gasteiger partial charge >= 0.3 is 12.0 Å². The van der Waals surface area contributed by atoms with E-state index < -0.39 is 5.97 Å². The van der Waals surface area contributed by atoms with Gasteiger partial charge in [0.15, 0.2) is 0 Å². The molecule has 2 heterocycles. The molecule has 0 aromatic carbocycles. The Balaban J connectivity index is 1.75. The van der Waals surface area contributed by atoms with Gasteiger partial charge in [-0.15, -0.1) is 11.3 Å². The first-order chi connectivity index (χ1) is 8.65. The number of urea groups is 1. The molecule has 0 bridgehead atoms. The number of carbonyl (C=O) groups excluding carboxylic acids is 1. The Bertz CT molecular complexity index is 419. The van der Waals surface area contributed by atoms with Crippen LogP contribution in [0.1, 0.15) is 17.7 Å². The molecule has 1 aromatic heterocycles. The Morgan fingerprint density at radius 1 is 1.56 bits per heavy atom. The fraction of sp³-hybridized carbons (Fsp3) is 0.500. The van der Waals surface area contributed by atoms with Gasteiger partial charge in [0.2, 0.25) is 0 Å². The average Bonchev–Trinajstić information content (AvgIpc) is 2.95. The van der Waals surface area contributed by atoms with Gasteiger partial charge < -0.3 is 15.3 Å². The third-order valence-electron chi connectivity index (χ3n) is 3.03. The Labute approximate surface area is 109 Å². The van der Waals surface area contributed by atoms with Crippen LogP contribution in [0, 0.1) is 5.92 Å². The van der Waals surface area contributed by atoms with Crippen LogP contribution < -0.4 is 5.32 Å². The lowest BCUT2D eigenvalue weighted by Crippen LogP contribution is -2.38. The minimum absolute atomic E-state index is 0.0926. The molecule has 1 unspecified atom stereocenters. The average molecular weight is 268 g/mol. The lowest BCUT2D eigenvalue weighted by atomic mass is 10.1. The lowest BCUT2D eigenvalue weighted by molar-refractivity contribution is -0.138. The molecule has 0 spiro atoms. The van der Waals surface area contributed by atoms with E-state index >= 15 is 0 Å². The van der Waals surface area contributed by atoms with E-state index in [0.717, 1.165) is 11.3 Å². The van der Waals surface area contributed by atoms with Gasteiger partial charge in [0.05, 0.1) is 6.54 Å². The molecule has 2 amide bonds. The zero-order valence-corrected chi connectivity index (χ0v) is 10.8. The monoisotopic (exact) mass is 268 g/mol. The number of amides is 2. The molecule has 1 atom stereocenters. The number of carboxylic acids is 1. The van der Waals surface area contributed by atoms with Gasteiger partial charge in [-0.1, -0.05) is 6.07 Å². The number of hydrogen-bond acceptors (Lipinski definition) is 3. The fourth-order valence-electron chi connectivity index (χ4n) is 2.12. The number of nitrogens with one attached hydrogen (secondary N) is 1. The van der Waals surface area contributed by atoms with Crippen molar-refractivity contribution in [1.29, 1.82) is 0 Å². The van der Waals surface area contributed by atoms with E-state index in [-0.39, 0.29) is 18.4 Å². The largest absolute Gasteiger partial charge is 0.481 e. The molecule has 2 N–H and O–H groups in total. The second-order valence-corrected chi connectivity index (χ2v) is 5.47. The summed E-state index contributed by atoms with van der Waals surface area (Å²) in [6.07, 6.45) is 0.924. The second-order valence-electron chi connectivity index (χ2n) is 4.44. The van der Waals surface area contributed by atoms with Gasteiger partial charge in [-0.25, -0.2) is 4.79 Å². The van der Waals surface area contributed by atoms with Crippen molar-refractivity contribution in [1.82, 2.24) is 10.2 Å². The number of thiophene rings is 1.